The number of benzene rings is 1. The summed E-state index contributed by atoms with van der Waals surface area (Å²) in [6.07, 6.45) is 12.4. The predicted molar refractivity (Wildman–Crippen MR) is 227 cm³/mol. The minimum absolute atomic E-state index is 0.283. The molecule has 280 valence electrons. The first-order valence-corrected chi connectivity index (χ1v) is 18.7. The van der Waals surface area contributed by atoms with Crippen LogP contribution in [0.5, 0.6) is 0 Å². The molecule has 0 saturated carbocycles. The maximum atomic E-state index is 6.86. The molecule has 5 nitrogen and oxygen atoms in total. The molecular formula is C47H60ClN5. The summed E-state index contributed by atoms with van der Waals surface area (Å²) in [7, 11) is 0. The summed E-state index contributed by atoms with van der Waals surface area (Å²) in [5.41, 5.74) is 10.1. The zero-order chi connectivity index (χ0) is 40.1. The number of terminal acetylenes is 1. The Morgan fingerprint density at radius 1 is 0.585 bits per heavy atom. The van der Waals surface area contributed by atoms with Gasteiger partial charge in [-0.1, -0.05) is 136 Å². The lowest BCUT2D eigenvalue weighted by molar-refractivity contribution is 0.586. The average molecular weight is 730 g/mol. The molecule has 0 aliphatic carbocycles. The quantitative estimate of drug-likeness (QED) is 0.136. The molecule has 1 aromatic carbocycles. The van der Waals surface area contributed by atoms with Crippen molar-refractivity contribution in [1.29, 1.82) is 0 Å². The van der Waals surface area contributed by atoms with E-state index >= 15 is 0 Å². The molecule has 0 spiro atoms. The highest BCUT2D eigenvalue weighted by Gasteiger charge is 2.14. The first-order valence-electron chi connectivity index (χ1n) is 18.3. The molecule has 5 rings (SSSR count). The van der Waals surface area contributed by atoms with Gasteiger partial charge in [0, 0.05) is 41.7 Å². The summed E-state index contributed by atoms with van der Waals surface area (Å²) < 4.78 is 0. The number of hydrogen-bond donors (Lipinski definition) is 0. The van der Waals surface area contributed by atoms with Gasteiger partial charge in [-0.05, 0) is 90.0 Å². The van der Waals surface area contributed by atoms with Crippen LogP contribution in [-0.2, 0) is 5.41 Å². The summed E-state index contributed by atoms with van der Waals surface area (Å²) in [6, 6.07) is 23.7. The van der Waals surface area contributed by atoms with Gasteiger partial charge >= 0.3 is 0 Å². The van der Waals surface area contributed by atoms with Crippen molar-refractivity contribution in [3.63, 3.8) is 0 Å². The molecular weight excluding hydrogens is 670 g/mol. The van der Waals surface area contributed by atoms with E-state index in [0.717, 1.165) is 27.7 Å². The molecule has 0 amide bonds. The molecule has 0 saturated heterocycles. The zero-order valence-electron chi connectivity index (χ0n) is 34.2. The molecule has 0 atom stereocenters. The number of nitrogens with zero attached hydrogens (tertiary/aromatic N) is 5. The number of rotatable bonds is 4. The minimum Gasteiger partial charge on any atom is -0.273 e. The molecule has 0 unspecified atom stereocenters. The second-order valence-electron chi connectivity index (χ2n) is 14.9. The van der Waals surface area contributed by atoms with E-state index in [2.05, 4.69) is 137 Å². The molecule has 53 heavy (non-hydrogen) atoms. The van der Waals surface area contributed by atoms with Gasteiger partial charge in [-0.25, -0.2) is 4.85 Å². The van der Waals surface area contributed by atoms with Gasteiger partial charge in [0.2, 0.25) is 5.69 Å². The SMILES string of the molecule is C#Cc1cccnc1C(C)C.CC(C)c1ncccc1Cl.Cc1ccccc1C(C)(C)C.Cc1cccnc1C(C)C.[C-]#[N+]c1cccnc1C(C)C. The third-order valence-corrected chi connectivity index (χ3v) is 8.23. The van der Waals surface area contributed by atoms with Gasteiger partial charge < -0.3 is 0 Å². The van der Waals surface area contributed by atoms with Crippen LogP contribution < -0.4 is 0 Å². The standard InChI is InChI=1S/C11H16.C10H11N.C9H10N2.C9H13N.C8H10ClN/c1-9-7-5-6-8-10(9)11(2,3)4;1-4-9-6-5-7-11-10(9)8(2)3;1-7(2)9-8(10-3)5-4-6-11-9;1-7(2)9-8(3)5-4-6-10-9;1-6(2)8-7(9)4-3-5-10-8/h5-8H,1-4H3;1,5-8H,2-3H3;4-7H,1-2H3;4-7H,1-3H3;3-6H,1-2H3. The maximum absolute atomic E-state index is 6.86. The second-order valence-corrected chi connectivity index (χ2v) is 15.3. The monoisotopic (exact) mass is 729 g/mol. The van der Waals surface area contributed by atoms with E-state index in [-0.39, 0.29) is 5.41 Å². The fourth-order valence-electron chi connectivity index (χ4n) is 5.29. The third kappa shape index (κ3) is 16.6. The molecule has 4 aromatic heterocycles. The van der Waals surface area contributed by atoms with E-state index < -0.39 is 0 Å². The van der Waals surface area contributed by atoms with Crippen molar-refractivity contribution in [2.24, 2.45) is 0 Å². The van der Waals surface area contributed by atoms with Crippen LogP contribution in [-0.4, -0.2) is 19.9 Å². The van der Waals surface area contributed by atoms with E-state index in [9.17, 15) is 0 Å². The van der Waals surface area contributed by atoms with Crippen molar-refractivity contribution in [1.82, 2.24) is 19.9 Å². The van der Waals surface area contributed by atoms with Crippen LogP contribution in [0.25, 0.3) is 4.85 Å². The summed E-state index contributed by atoms with van der Waals surface area (Å²) in [4.78, 5) is 20.1. The first-order chi connectivity index (χ1) is 25.0. The number of aromatic nitrogens is 4. The van der Waals surface area contributed by atoms with Crippen LogP contribution in [0.2, 0.25) is 5.02 Å². The molecule has 0 aliphatic heterocycles. The van der Waals surface area contributed by atoms with Crippen LogP contribution in [0.15, 0.2) is 97.6 Å². The van der Waals surface area contributed by atoms with Crippen molar-refractivity contribution in [2.45, 2.75) is 119 Å². The highest BCUT2D eigenvalue weighted by molar-refractivity contribution is 6.31. The third-order valence-electron chi connectivity index (χ3n) is 7.91. The Hall–Kier alpha value is -4.84. The molecule has 0 aliphatic rings. The van der Waals surface area contributed by atoms with Crippen molar-refractivity contribution in [3.05, 3.63) is 159 Å². The Morgan fingerprint density at radius 2 is 1.02 bits per heavy atom. The van der Waals surface area contributed by atoms with Crippen LogP contribution in [0.1, 0.15) is 145 Å². The van der Waals surface area contributed by atoms with Gasteiger partial charge in [-0.15, -0.1) is 6.42 Å². The Kier molecular flexibility index (Phi) is 20.6. The van der Waals surface area contributed by atoms with Crippen molar-refractivity contribution < 1.29 is 0 Å². The topological polar surface area (TPSA) is 55.9 Å². The second kappa shape index (κ2) is 23.7. The Morgan fingerprint density at radius 3 is 1.38 bits per heavy atom. The van der Waals surface area contributed by atoms with Gasteiger partial charge in [0.05, 0.1) is 23.0 Å². The highest BCUT2D eigenvalue weighted by atomic mass is 35.5. The van der Waals surface area contributed by atoms with Crippen molar-refractivity contribution >= 4 is 17.3 Å². The molecule has 0 fully saturated rings. The van der Waals surface area contributed by atoms with Crippen LogP contribution in [0.3, 0.4) is 0 Å². The largest absolute Gasteiger partial charge is 0.273 e. The minimum atomic E-state index is 0.283. The maximum Gasteiger partial charge on any atom is 0.208 e. The van der Waals surface area contributed by atoms with E-state index in [1.165, 1.54) is 22.4 Å². The lowest BCUT2D eigenvalue weighted by atomic mass is 9.84. The zero-order valence-corrected chi connectivity index (χ0v) is 35.0. The van der Waals surface area contributed by atoms with Gasteiger partial charge in [0.15, 0.2) is 0 Å². The number of aryl methyl sites for hydroxylation is 2. The van der Waals surface area contributed by atoms with E-state index in [0.29, 0.717) is 29.4 Å². The van der Waals surface area contributed by atoms with E-state index in [1.807, 2.05) is 50.4 Å². The molecule has 0 radical (unpaired) electrons. The number of halogens is 1. The number of hydrogen-bond acceptors (Lipinski definition) is 4. The van der Waals surface area contributed by atoms with Crippen molar-refractivity contribution in [2.75, 3.05) is 0 Å². The highest BCUT2D eigenvalue weighted by Crippen LogP contribution is 2.25. The van der Waals surface area contributed by atoms with Gasteiger partial charge in [0.1, 0.15) is 0 Å². The fourth-order valence-corrected chi connectivity index (χ4v) is 5.63. The van der Waals surface area contributed by atoms with Gasteiger partial charge in [-0.2, -0.15) is 0 Å². The molecule has 4 heterocycles. The number of pyridine rings is 4. The predicted octanol–water partition coefficient (Wildman–Crippen LogP) is 13.6. The van der Waals surface area contributed by atoms with E-state index in [1.54, 1.807) is 30.7 Å². The smallest absolute Gasteiger partial charge is 0.208 e. The first kappa shape index (κ1) is 46.2. The van der Waals surface area contributed by atoms with E-state index in [4.69, 9.17) is 24.6 Å². The van der Waals surface area contributed by atoms with Crippen LogP contribution in [0.4, 0.5) is 5.69 Å². The molecule has 5 aromatic rings. The average Bonchev–Trinajstić information content (AvgIpc) is 3.12. The van der Waals surface area contributed by atoms with Crippen molar-refractivity contribution in [3.8, 4) is 12.3 Å². The van der Waals surface area contributed by atoms with Gasteiger partial charge in [0.25, 0.3) is 0 Å². The Bertz CT molecular complexity index is 1770. The fraction of sp³-hybridized carbons (Fsp3) is 0.383. The normalized spacial score (nSPS) is 10.3. The Balaban J connectivity index is 0.000000331. The molecule has 0 bridgehead atoms. The molecule has 0 N–H and O–H groups in total. The Labute approximate surface area is 326 Å². The summed E-state index contributed by atoms with van der Waals surface area (Å²) in [6.45, 7) is 34.6. The van der Waals surface area contributed by atoms with Crippen LogP contribution >= 0.6 is 11.6 Å². The van der Waals surface area contributed by atoms with Crippen LogP contribution in [0, 0.1) is 32.8 Å². The summed E-state index contributed by atoms with van der Waals surface area (Å²) in [5, 5.41) is 0.762. The lowest BCUT2D eigenvalue weighted by Gasteiger charge is -2.21. The summed E-state index contributed by atoms with van der Waals surface area (Å²) in [5.74, 6) is 4.31. The summed E-state index contributed by atoms with van der Waals surface area (Å²) >= 11 is 5.86. The molecule has 6 heteroatoms. The lowest BCUT2D eigenvalue weighted by Crippen LogP contribution is -2.12. The van der Waals surface area contributed by atoms with Gasteiger partial charge in [-0.3, -0.25) is 19.9 Å².